The van der Waals surface area contributed by atoms with Crippen molar-refractivity contribution in [1.29, 1.82) is 0 Å². The number of nitrogens with one attached hydrogen (secondary N) is 1. The van der Waals surface area contributed by atoms with E-state index >= 15 is 0 Å². The molecule has 0 rings (SSSR count). The van der Waals surface area contributed by atoms with Gasteiger partial charge in [0.1, 0.15) is 0 Å². The fourth-order valence-corrected chi connectivity index (χ4v) is 0.321. The summed E-state index contributed by atoms with van der Waals surface area (Å²) in [6.45, 7) is 0. The Balaban J connectivity index is 3.86. The van der Waals surface area contributed by atoms with E-state index in [0.717, 1.165) is 11.2 Å². The van der Waals surface area contributed by atoms with Crippen molar-refractivity contribution >= 4 is 21.8 Å². The third kappa shape index (κ3) is 3.49. The van der Waals surface area contributed by atoms with Crippen molar-refractivity contribution in [2.24, 2.45) is 0 Å². The first-order valence-corrected chi connectivity index (χ1v) is 3.03. The molecule has 6 heteroatoms. The van der Waals surface area contributed by atoms with E-state index in [1.54, 1.807) is 0 Å². The Bertz CT molecular complexity index is 153. The minimum Gasteiger partial charge on any atom is -0.324 e. The number of rotatable bonds is 1. The minimum atomic E-state index is -4.81. The van der Waals surface area contributed by atoms with Gasteiger partial charge in [-0.15, -0.1) is 0 Å². The molecule has 1 amide bonds. The van der Waals surface area contributed by atoms with Gasteiger partial charge in [0.15, 0.2) is 0 Å². The van der Waals surface area contributed by atoms with Crippen LogP contribution in [0.3, 0.4) is 0 Å². The lowest BCUT2D eigenvalue weighted by molar-refractivity contribution is -0.172. The molecule has 58 valence electrons. The third-order valence-corrected chi connectivity index (χ3v) is 0.799. The number of carbonyl (C=O) groups excluding carboxylic acids is 1. The topological polar surface area (TPSA) is 29.1 Å². The second-order valence-electron chi connectivity index (χ2n) is 1.26. The van der Waals surface area contributed by atoms with Crippen molar-refractivity contribution in [1.82, 2.24) is 5.32 Å². The smallest absolute Gasteiger partial charge is 0.324 e. The van der Waals surface area contributed by atoms with Gasteiger partial charge < -0.3 is 5.32 Å². The van der Waals surface area contributed by atoms with E-state index in [1.807, 2.05) is 0 Å². The van der Waals surface area contributed by atoms with Crippen LogP contribution in [0.25, 0.3) is 0 Å². The van der Waals surface area contributed by atoms with Crippen LogP contribution < -0.4 is 5.32 Å². The normalized spacial score (nSPS) is 12.0. The zero-order valence-electron chi connectivity index (χ0n) is 4.57. The number of alkyl halides is 3. The van der Waals surface area contributed by atoms with Crippen LogP contribution in [0, 0.1) is 0 Å². The molecule has 0 unspecified atom stereocenters. The zero-order valence-corrected chi connectivity index (χ0v) is 6.16. The summed E-state index contributed by atoms with van der Waals surface area (Å²) in [5.41, 5.74) is 0. The van der Waals surface area contributed by atoms with Crippen molar-refractivity contribution < 1.29 is 18.0 Å². The van der Waals surface area contributed by atoms with Crippen molar-refractivity contribution in [2.45, 2.75) is 6.18 Å². The van der Waals surface area contributed by atoms with Crippen LogP contribution in [0.4, 0.5) is 13.2 Å². The van der Waals surface area contributed by atoms with Gasteiger partial charge in [0.05, 0.1) is 0 Å². The average Bonchev–Trinajstić information content (AvgIpc) is 1.80. The van der Waals surface area contributed by atoms with Crippen LogP contribution in [-0.2, 0) is 4.79 Å². The molecule has 0 radical (unpaired) electrons. The Hall–Kier alpha value is -0.520. The van der Waals surface area contributed by atoms with E-state index in [9.17, 15) is 18.0 Å². The lowest BCUT2D eigenvalue weighted by Gasteiger charge is -2.01. The third-order valence-electron chi connectivity index (χ3n) is 0.535. The molecule has 0 aromatic rings. The summed E-state index contributed by atoms with van der Waals surface area (Å²) < 4.78 is 33.9. The van der Waals surface area contributed by atoms with Gasteiger partial charge in [-0.3, -0.25) is 4.79 Å². The van der Waals surface area contributed by atoms with Crippen LogP contribution in [0.5, 0.6) is 0 Å². The molecule has 0 aliphatic carbocycles. The van der Waals surface area contributed by atoms with E-state index < -0.39 is 12.1 Å². The molecule has 0 atom stereocenters. The van der Waals surface area contributed by atoms with Crippen LogP contribution in [0.15, 0.2) is 11.2 Å². The summed E-state index contributed by atoms with van der Waals surface area (Å²) in [7, 11) is 0. The Morgan fingerprint density at radius 1 is 1.50 bits per heavy atom. The van der Waals surface area contributed by atoms with E-state index in [-0.39, 0.29) is 0 Å². The number of carbonyl (C=O) groups is 1. The summed E-state index contributed by atoms with van der Waals surface area (Å²) in [6, 6.07) is 0. The number of hydrogen-bond acceptors (Lipinski definition) is 1. The van der Waals surface area contributed by atoms with Gasteiger partial charge in [-0.2, -0.15) is 13.2 Å². The summed E-state index contributed by atoms with van der Waals surface area (Å²) in [6.07, 6.45) is -3.97. The van der Waals surface area contributed by atoms with Crippen LogP contribution in [0.2, 0.25) is 0 Å². The van der Waals surface area contributed by atoms with E-state index in [2.05, 4.69) is 15.9 Å². The molecule has 0 saturated carbocycles. The summed E-state index contributed by atoms with van der Waals surface area (Å²) >= 11 is 2.68. The lowest BCUT2D eigenvalue weighted by Crippen LogP contribution is -2.33. The van der Waals surface area contributed by atoms with Gasteiger partial charge in [0, 0.05) is 6.20 Å². The first-order chi connectivity index (χ1) is 4.48. The van der Waals surface area contributed by atoms with Gasteiger partial charge in [0.25, 0.3) is 0 Å². The number of hydrogen-bond donors (Lipinski definition) is 1. The van der Waals surface area contributed by atoms with Gasteiger partial charge >= 0.3 is 12.1 Å². The van der Waals surface area contributed by atoms with E-state index in [1.165, 1.54) is 5.32 Å². The molecule has 10 heavy (non-hydrogen) atoms. The van der Waals surface area contributed by atoms with E-state index in [4.69, 9.17) is 0 Å². The molecule has 0 aromatic heterocycles. The van der Waals surface area contributed by atoms with Crippen molar-refractivity contribution in [2.75, 3.05) is 0 Å². The summed E-state index contributed by atoms with van der Waals surface area (Å²) in [5, 5.41) is 1.48. The van der Waals surface area contributed by atoms with Crippen molar-refractivity contribution in [3.63, 3.8) is 0 Å². The predicted octanol–water partition coefficient (Wildman–Crippen LogP) is 1.53. The van der Waals surface area contributed by atoms with Crippen molar-refractivity contribution in [3.05, 3.63) is 11.2 Å². The molecule has 1 N–H and O–H groups in total. The van der Waals surface area contributed by atoms with Crippen molar-refractivity contribution in [3.8, 4) is 0 Å². The number of halogens is 4. The predicted molar refractivity (Wildman–Crippen MR) is 32.3 cm³/mol. The minimum absolute atomic E-state index is 0.843. The molecule has 0 aliphatic heterocycles. The first kappa shape index (κ1) is 9.48. The Labute approximate surface area is 63.2 Å². The Morgan fingerprint density at radius 2 is 2.00 bits per heavy atom. The zero-order chi connectivity index (χ0) is 8.20. The fourth-order valence-electron chi connectivity index (χ4n) is 0.189. The van der Waals surface area contributed by atoms with Gasteiger partial charge in [-0.05, 0) is 4.99 Å². The molecule has 0 bridgehead atoms. The van der Waals surface area contributed by atoms with E-state index in [0.29, 0.717) is 0 Å². The molecule has 0 saturated heterocycles. The standard InChI is InChI=1S/C4H3BrF3NO/c5-1-2-9-3(10)4(6,7)8/h1-2H,(H,9,10)/b2-1+. The molecule has 2 nitrogen and oxygen atoms in total. The summed E-state index contributed by atoms with van der Waals surface area (Å²) in [5.74, 6) is -1.98. The molecule has 0 aromatic carbocycles. The number of amides is 1. The quantitative estimate of drug-likeness (QED) is 0.710. The van der Waals surface area contributed by atoms with Gasteiger partial charge in [-0.25, -0.2) is 0 Å². The van der Waals surface area contributed by atoms with Crippen LogP contribution in [-0.4, -0.2) is 12.1 Å². The molecule has 0 fully saturated rings. The van der Waals surface area contributed by atoms with Crippen LogP contribution in [0.1, 0.15) is 0 Å². The van der Waals surface area contributed by atoms with Gasteiger partial charge in [-0.1, -0.05) is 15.9 Å². The maximum atomic E-state index is 11.3. The highest BCUT2D eigenvalue weighted by atomic mass is 79.9. The molecular formula is C4H3BrF3NO. The second kappa shape index (κ2) is 3.60. The highest BCUT2D eigenvalue weighted by molar-refractivity contribution is 9.11. The highest BCUT2D eigenvalue weighted by Gasteiger charge is 2.37. The first-order valence-electron chi connectivity index (χ1n) is 2.11. The molecule has 0 heterocycles. The maximum absolute atomic E-state index is 11.3. The SMILES string of the molecule is O=C(N/C=C/Br)C(F)(F)F. The monoisotopic (exact) mass is 217 g/mol. The summed E-state index contributed by atoms with van der Waals surface area (Å²) in [4.78, 5) is 11.0. The molecule has 0 aliphatic rings. The second-order valence-corrected chi connectivity index (χ2v) is 1.79. The Morgan fingerprint density at radius 3 is 2.30 bits per heavy atom. The lowest BCUT2D eigenvalue weighted by atomic mass is 10.6. The van der Waals surface area contributed by atoms with Gasteiger partial charge in [0.2, 0.25) is 0 Å². The largest absolute Gasteiger partial charge is 0.471 e. The highest BCUT2D eigenvalue weighted by Crippen LogP contribution is 2.13. The maximum Gasteiger partial charge on any atom is 0.471 e. The average molecular weight is 218 g/mol. The fraction of sp³-hybridized carbons (Fsp3) is 0.250. The Kier molecular flexibility index (Phi) is 3.41. The molecular weight excluding hydrogens is 215 g/mol. The molecule has 0 spiro atoms. The van der Waals surface area contributed by atoms with Crippen LogP contribution >= 0.6 is 15.9 Å².